The maximum atomic E-state index is 12.4. The first-order chi connectivity index (χ1) is 10.5. The third-order valence-electron chi connectivity index (χ3n) is 4.46. The van der Waals surface area contributed by atoms with Crippen LogP contribution in [-0.4, -0.2) is 69.6 Å². The van der Waals surface area contributed by atoms with Crippen LogP contribution in [0.25, 0.3) is 0 Å². The molecule has 0 spiro atoms. The molecular formula is C15H31N3O3S. The van der Waals surface area contributed by atoms with E-state index in [1.165, 1.54) is 0 Å². The van der Waals surface area contributed by atoms with Gasteiger partial charge in [-0.15, -0.1) is 0 Å². The predicted octanol–water partition coefficient (Wildman–Crippen LogP) is 1.05. The Labute approximate surface area is 135 Å². The lowest BCUT2D eigenvalue weighted by Gasteiger charge is -2.36. The third-order valence-corrected chi connectivity index (χ3v) is 6.04. The molecule has 1 N–H and O–H groups in total. The van der Waals surface area contributed by atoms with Gasteiger partial charge in [0.15, 0.2) is 0 Å². The summed E-state index contributed by atoms with van der Waals surface area (Å²) in [7, 11) is -3.33. The number of nitrogens with one attached hydrogen (secondary N) is 1. The molecule has 1 atom stereocenters. The smallest absolute Gasteiger partial charge is 0.279 e. The molecule has 2 saturated heterocycles. The van der Waals surface area contributed by atoms with Crippen molar-refractivity contribution in [3.63, 3.8) is 0 Å². The molecule has 0 saturated carbocycles. The molecule has 2 fully saturated rings. The van der Waals surface area contributed by atoms with Gasteiger partial charge < -0.3 is 4.74 Å². The van der Waals surface area contributed by atoms with Crippen LogP contribution >= 0.6 is 0 Å². The summed E-state index contributed by atoms with van der Waals surface area (Å²) in [6.45, 7) is 9.45. The van der Waals surface area contributed by atoms with Crippen LogP contribution in [0.5, 0.6) is 0 Å². The Balaban J connectivity index is 1.91. The van der Waals surface area contributed by atoms with Gasteiger partial charge in [0, 0.05) is 38.8 Å². The van der Waals surface area contributed by atoms with Crippen molar-refractivity contribution < 1.29 is 13.2 Å². The van der Waals surface area contributed by atoms with Crippen molar-refractivity contribution in [3.05, 3.63) is 0 Å². The average Bonchev–Trinajstić information content (AvgIpc) is 2.53. The molecule has 0 aromatic carbocycles. The molecule has 2 aliphatic rings. The van der Waals surface area contributed by atoms with E-state index in [0.29, 0.717) is 25.6 Å². The summed E-state index contributed by atoms with van der Waals surface area (Å²) in [5.41, 5.74) is 0. The van der Waals surface area contributed by atoms with Gasteiger partial charge in [0.2, 0.25) is 0 Å². The minimum atomic E-state index is -3.33. The molecule has 2 heterocycles. The van der Waals surface area contributed by atoms with E-state index in [9.17, 15) is 8.42 Å². The maximum Gasteiger partial charge on any atom is 0.279 e. The van der Waals surface area contributed by atoms with Gasteiger partial charge in [-0.1, -0.05) is 20.3 Å². The van der Waals surface area contributed by atoms with E-state index in [-0.39, 0.29) is 6.04 Å². The lowest BCUT2D eigenvalue weighted by Crippen LogP contribution is -2.52. The van der Waals surface area contributed by atoms with E-state index in [1.807, 2.05) is 0 Å². The lowest BCUT2D eigenvalue weighted by atomic mass is 10.0. The summed E-state index contributed by atoms with van der Waals surface area (Å²) < 4.78 is 34.7. The molecule has 0 amide bonds. The van der Waals surface area contributed by atoms with Gasteiger partial charge in [-0.2, -0.15) is 12.7 Å². The molecule has 7 heteroatoms. The van der Waals surface area contributed by atoms with Crippen molar-refractivity contribution in [1.29, 1.82) is 0 Å². The Hall–Kier alpha value is -0.210. The normalized spacial score (nSPS) is 23.8. The van der Waals surface area contributed by atoms with Crippen molar-refractivity contribution in [2.24, 2.45) is 5.92 Å². The zero-order valence-corrected chi connectivity index (χ0v) is 14.8. The molecule has 0 aromatic heterocycles. The minimum Gasteiger partial charge on any atom is -0.379 e. The number of rotatable bonds is 7. The third kappa shape index (κ3) is 5.45. The average molecular weight is 333 g/mol. The zero-order valence-electron chi connectivity index (χ0n) is 14.0. The minimum absolute atomic E-state index is 0.253. The fourth-order valence-corrected chi connectivity index (χ4v) is 4.57. The highest BCUT2D eigenvalue weighted by Crippen LogP contribution is 2.15. The topological polar surface area (TPSA) is 61.9 Å². The number of piperidine rings is 1. The largest absolute Gasteiger partial charge is 0.379 e. The summed E-state index contributed by atoms with van der Waals surface area (Å²) in [5, 5.41) is 0. The van der Waals surface area contributed by atoms with Gasteiger partial charge in [-0.3, -0.25) is 4.90 Å². The number of hydrogen-bond acceptors (Lipinski definition) is 4. The molecule has 0 aromatic rings. The van der Waals surface area contributed by atoms with E-state index in [0.717, 1.165) is 52.0 Å². The van der Waals surface area contributed by atoms with E-state index >= 15 is 0 Å². The highest BCUT2D eigenvalue weighted by Gasteiger charge is 2.27. The van der Waals surface area contributed by atoms with Gasteiger partial charge in [0.25, 0.3) is 10.2 Å². The molecule has 22 heavy (non-hydrogen) atoms. The van der Waals surface area contributed by atoms with Crippen molar-refractivity contribution >= 4 is 10.2 Å². The monoisotopic (exact) mass is 333 g/mol. The van der Waals surface area contributed by atoms with Crippen molar-refractivity contribution in [2.45, 2.75) is 45.6 Å². The maximum absolute atomic E-state index is 12.4. The second kappa shape index (κ2) is 8.59. The zero-order chi connectivity index (χ0) is 16.0. The highest BCUT2D eigenvalue weighted by molar-refractivity contribution is 7.87. The number of nitrogens with zero attached hydrogens (tertiary/aromatic N) is 2. The number of hydrogen-bond donors (Lipinski definition) is 1. The molecule has 2 rings (SSSR count). The van der Waals surface area contributed by atoms with E-state index in [4.69, 9.17) is 4.74 Å². The molecule has 1 unspecified atom stereocenters. The standard InChI is InChI=1S/C15H31N3O3S/c1-14(2)12-15(17-8-10-21-11-9-17)13-16-22(19,20)18-6-4-3-5-7-18/h14-16H,3-13H2,1-2H3. The lowest BCUT2D eigenvalue weighted by molar-refractivity contribution is 0.0134. The van der Waals surface area contributed by atoms with Crippen LogP contribution in [0.2, 0.25) is 0 Å². The molecule has 6 nitrogen and oxygen atoms in total. The molecule has 0 aliphatic carbocycles. The SMILES string of the molecule is CC(C)CC(CNS(=O)(=O)N1CCCCC1)N1CCOCC1. The molecule has 0 bridgehead atoms. The van der Waals surface area contributed by atoms with E-state index < -0.39 is 10.2 Å². The Morgan fingerprint density at radius 3 is 2.27 bits per heavy atom. The van der Waals surface area contributed by atoms with Crippen molar-refractivity contribution in [3.8, 4) is 0 Å². The first-order valence-electron chi connectivity index (χ1n) is 8.55. The van der Waals surface area contributed by atoms with Crippen LogP contribution in [0, 0.1) is 5.92 Å². The Morgan fingerprint density at radius 2 is 1.68 bits per heavy atom. The van der Waals surface area contributed by atoms with Gasteiger partial charge in [-0.05, 0) is 25.2 Å². The van der Waals surface area contributed by atoms with Gasteiger partial charge in [-0.25, -0.2) is 4.72 Å². The van der Waals surface area contributed by atoms with Crippen molar-refractivity contribution in [1.82, 2.24) is 13.9 Å². The summed E-state index contributed by atoms with van der Waals surface area (Å²) in [6.07, 6.45) is 4.08. The molecule has 2 aliphatic heterocycles. The first kappa shape index (κ1) is 18.1. The summed E-state index contributed by atoms with van der Waals surface area (Å²) in [6, 6.07) is 0.253. The Morgan fingerprint density at radius 1 is 1.05 bits per heavy atom. The van der Waals surface area contributed by atoms with Gasteiger partial charge in [0.1, 0.15) is 0 Å². The molecule has 0 radical (unpaired) electrons. The van der Waals surface area contributed by atoms with E-state index in [2.05, 4.69) is 23.5 Å². The van der Waals surface area contributed by atoms with Crippen LogP contribution in [0.3, 0.4) is 0 Å². The van der Waals surface area contributed by atoms with Gasteiger partial charge in [0.05, 0.1) is 13.2 Å². The fourth-order valence-electron chi connectivity index (χ4n) is 3.25. The van der Waals surface area contributed by atoms with Crippen LogP contribution in [-0.2, 0) is 14.9 Å². The summed E-state index contributed by atoms with van der Waals surface area (Å²) >= 11 is 0. The van der Waals surface area contributed by atoms with Crippen LogP contribution in [0.4, 0.5) is 0 Å². The Kier molecular flexibility index (Phi) is 7.08. The highest BCUT2D eigenvalue weighted by atomic mass is 32.2. The van der Waals surface area contributed by atoms with Gasteiger partial charge >= 0.3 is 0 Å². The first-order valence-corrected chi connectivity index (χ1v) is 9.99. The Bertz CT molecular complexity index is 416. The van der Waals surface area contributed by atoms with Crippen molar-refractivity contribution in [2.75, 3.05) is 45.9 Å². The van der Waals surface area contributed by atoms with Crippen LogP contribution in [0.15, 0.2) is 0 Å². The van der Waals surface area contributed by atoms with Crippen LogP contribution < -0.4 is 4.72 Å². The fraction of sp³-hybridized carbons (Fsp3) is 1.00. The summed E-state index contributed by atoms with van der Waals surface area (Å²) in [5.74, 6) is 0.548. The number of ether oxygens (including phenoxy) is 1. The van der Waals surface area contributed by atoms with Crippen LogP contribution in [0.1, 0.15) is 39.5 Å². The second-order valence-corrected chi connectivity index (χ2v) is 8.50. The quantitative estimate of drug-likeness (QED) is 0.757. The number of morpholine rings is 1. The van der Waals surface area contributed by atoms with E-state index in [1.54, 1.807) is 4.31 Å². The second-order valence-electron chi connectivity index (χ2n) is 6.74. The summed E-state index contributed by atoms with van der Waals surface area (Å²) in [4.78, 5) is 2.36. The molecule has 130 valence electrons. The predicted molar refractivity (Wildman–Crippen MR) is 88.0 cm³/mol. The molecular weight excluding hydrogens is 302 g/mol.